The largest absolute Gasteiger partial charge is 0.321 e. The Labute approximate surface area is 135 Å². The van der Waals surface area contributed by atoms with Crippen molar-refractivity contribution in [3.8, 4) is 0 Å². The minimum atomic E-state index is -2.33. The quantitative estimate of drug-likeness (QED) is 0.755. The second kappa shape index (κ2) is 5.75. The first kappa shape index (κ1) is 17.1. The van der Waals surface area contributed by atoms with Crippen molar-refractivity contribution in [2.75, 3.05) is 23.9 Å². The van der Waals surface area contributed by atoms with Gasteiger partial charge >= 0.3 is 0 Å². The fraction of sp³-hybridized carbons (Fsp3) is 0.438. The molecule has 1 aliphatic heterocycles. The van der Waals surface area contributed by atoms with Gasteiger partial charge in [0.25, 0.3) is 11.8 Å². The number of nitrogens with two attached hydrogens (primary N) is 2. The molecule has 0 saturated heterocycles. The van der Waals surface area contributed by atoms with Crippen LogP contribution in [-0.4, -0.2) is 43.3 Å². The molecule has 0 fully saturated rings. The average molecular weight is 318 g/mol. The number of para-hydroxylation sites is 2. The lowest BCUT2D eigenvalue weighted by atomic mass is 9.84. The first-order valence-electron chi connectivity index (χ1n) is 7.38. The molecule has 2 rings (SSSR count). The van der Waals surface area contributed by atoms with Gasteiger partial charge in [0.05, 0.1) is 17.4 Å². The minimum Gasteiger partial charge on any atom is -0.321 e. The summed E-state index contributed by atoms with van der Waals surface area (Å²) in [5.41, 5.74) is 10.6. The molecule has 0 aromatic heterocycles. The van der Waals surface area contributed by atoms with E-state index in [1.807, 2.05) is 0 Å². The molecule has 0 bridgehead atoms. The van der Waals surface area contributed by atoms with E-state index in [0.717, 1.165) is 0 Å². The molecule has 7 nitrogen and oxygen atoms in total. The number of benzene rings is 1. The first-order valence-corrected chi connectivity index (χ1v) is 7.38. The molecule has 0 saturated carbocycles. The Morgan fingerprint density at radius 3 is 1.78 bits per heavy atom. The van der Waals surface area contributed by atoms with Gasteiger partial charge in [-0.05, 0) is 18.1 Å². The van der Waals surface area contributed by atoms with Crippen molar-refractivity contribution in [3.05, 3.63) is 24.3 Å². The molecule has 0 aliphatic carbocycles. The number of carbonyl (C=O) groups is 3. The van der Waals surface area contributed by atoms with Crippen molar-refractivity contribution in [1.29, 1.82) is 0 Å². The Morgan fingerprint density at radius 1 is 1.04 bits per heavy atom. The number of Topliss-reactive ketones (excluding diaryl/α,β-unsaturated/α-hetero) is 1. The number of nitrogens with zero attached hydrogens (tertiary/aromatic N) is 2. The molecule has 0 radical (unpaired) electrons. The van der Waals surface area contributed by atoms with Crippen molar-refractivity contribution in [1.82, 2.24) is 0 Å². The van der Waals surface area contributed by atoms with Crippen LogP contribution in [0.1, 0.15) is 13.8 Å². The molecule has 0 unspecified atom stereocenters. The number of carbonyl (C=O) groups excluding carboxylic acids is 3. The van der Waals surface area contributed by atoms with E-state index >= 15 is 0 Å². The van der Waals surface area contributed by atoms with Gasteiger partial charge in [0, 0.05) is 14.1 Å². The molecular formula is C16H22N4O3. The van der Waals surface area contributed by atoms with Crippen molar-refractivity contribution >= 4 is 29.0 Å². The molecule has 23 heavy (non-hydrogen) atoms. The molecule has 1 aromatic carbocycles. The number of anilines is 2. The number of fused-ring (bicyclic) bond motifs is 1. The lowest BCUT2D eigenvalue weighted by Crippen LogP contribution is -2.70. The molecule has 1 aromatic rings. The Hall–Kier alpha value is -2.25. The highest BCUT2D eigenvalue weighted by molar-refractivity contribution is 6.36. The molecular weight excluding hydrogens is 296 g/mol. The summed E-state index contributed by atoms with van der Waals surface area (Å²) in [6.45, 7) is 3.47. The SMILES string of the molecule is CC(C)[C@H](N)C(=O)C1(N)C(=O)N(C)c2ccccc2N(C)C1=O. The van der Waals surface area contributed by atoms with Crippen molar-refractivity contribution in [2.24, 2.45) is 17.4 Å². The summed E-state index contributed by atoms with van der Waals surface area (Å²) < 4.78 is 0. The number of hydrogen-bond donors (Lipinski definition) is 2. The molecule has 4 N–H and O–H groups in total. The standard InChI is InChI=1S/C16H22N4O3/c1-9(2)12(17)13(21)16(18)14(22)19(3)10-7-5-6-8-11(10)20(4)15(16)23/h5-9,12H,17-18H2,1-4H3/t12-/m0/s1. The molecule has 0 spiro atoms. The Bertz CT molecular complexity index is 630. The third kappa shape index (κ3) is 2.42. The van der Waals surface area contributed by atoms with Gasteiger partial charge in [-0.1, -0.05) is 26.0 Å². The number of likely N-dealkylation sites (N-methyl/N-ethyl adjacent to an activating group) is 2. The van der Waals surface area contributed by atoms with E-state index in [9.17, 15) is 14.4 Å². The Morgan fingerprint density at radius 2 is 1.43 bits per heavy atom. The maximum absolute atomic E-state index is 12.8. The van der Waals surface area contributed by atoms with Crippen LogP contribution < -0.4 is 21.3 Å². The number of ketones is 1. The van der Waals surface area contributed by atoms with Crippen LogP contribution in [0.3, 0.4) is 0 Å². The number of amides is 2. The van der Waals surface area contributed by atoms with E-state index in [1.54, 1.807) is 38.1 Å². The van der Waals surface area contributed by atoms with Crippen LogP contribution in [0.2, 0.25) is 0 Å². The summed E-state index contributed by atoms with van der Waals surface area (Å²) >= 11 is 0. The zero-order valence-corrected chi connectivity index (χ0v) is 13.7. The minimum absolute atomic E-state index is 0.246. The molecule has 2 amide bonds. The Balaban J connectivity index is 2.62. The van der Waals surface area contributed by atoms with E-state index < -0.39 is 29.2 Å². The second-order valence-electron chi connectivity index (χ2n) is 6.16. The summed E-state index contributed by atoms with van der Waals surface area (Å²) in [6, 6.07) is 5.86. The van der Waals surface area contributed by atoms with Gasteiger partial charge in [0.15, 0.2) is 5.78 Å². The topological polar surface area (TPSA) is 110 Å². The average Bonchev–Trinajstić information content (AvgIpc) is 2.60. The van der Waals surface area contributed by atoms with Crippen LogP contribution in [0.5, 0.6) is 0 Å². The highest BCUT2D eigenvalue weighted by Crippen LogP contribution is 2.34. The smallest absolute Gasteiger partial charge is 0.264 e. The summed E-state index contributed by atoms with van der Waals surface area (Å²) in [4.78, 5) is 40.9. The lowest BCUT2D eigenvalue weighted by molar-refractivity contribution is -0.142. The van der Waals surface area contributed by atoms with Crippen LogP contribution in [0.4, 0.5) is 11.4 Å². The van der Waals surface area contributed by atoms with Crippen LogP contribution in [-0.2, 0) is 14.4 Å². The van der Waals surface area contributed by atoms with Crippen LogP contribution >= 0.6 is 0 Å². The summed E-state index contributed by atoms with van der Waals surface area (Å²) in [7, 11) is 2.98. The molecule has 1 aliphatic rings. The Kier molecular flexibility index (Phi) is 4.28. The van der Waals surface area contributed by atoms with E-state index in [2.05, 4.69) is 0 Å². The van der Waals surface area contributed by atoms with Crippen LogP contribution in [0, 0.1) is 5.92 Å². The van der Waals surface area contributed by atoms with Crippen molar-refractivity contribution in [2.45, 2.75) is 25.4 Å². The maximum Gasteiger partial charge on any atom is 0.264 e. The fourth-order valence-electron chi connectivity index (χ4n) is 2.65. The zero-order chi connectivity index (χ0) is 17.5. The number of rotatable bonds is 3. The van der Waals surface area contributed by atoms with Gasteiger partial charge in [-0.2, -0.15) is 0 Å². The monoisotopic (exact) mass is 318 g/mol. The van der Waals surface area contributed by atoms with E-state index in [0.29, 0.717) is 11.4 Å². The molecule has 1 atom stereocenters. The van der Waals surface area contributed by atoms with Crippen molar-refractivity contribution < 1.29 is 14.4 Å². The second-order valence-corrected chi connectivity index (χ2v) is 6.16. The van der Waals surface area contributed by atoms with Crippen LogP contribution in [0.25, 0.3) is 0 Å². The third-order valence-corrected chi connectivity index (χ3v) is 4.30. The van der Waals surface area contributed by atoms with E-state index in [-0.39, 0.29) is 5.92 Å². The van der Waals surface area contributed by atoms with Gasteiger partial charge < -0.3 is 21.3 Å². The van der Waals surface area contributed by atoms with Crippen molar-refractivity contribution in [3.63, 3.8) is 0 Å². The predicted octanol–water partition coefficient (Wildman–Crippen LogP) is -0.124. The normalized spacial score (nSPS) is 18.7. The highest BCUT2D eigenvalue weighted by Gasteiger charge is 2.56. The summed E-state index contributed by atoms with van der Waals surface area (Å²) in [5, 5.41) is 0. The summed E-state index contributed by atoms with van der Waals surface area (Å²) in [6.07, 6.45) is 0. The molecule has 1 heterocycles. The predicted molar refractivity (Wildman–Crippen MR) is 88.0 cm³/mol. The van der Waals surface area contributed by atoms with Gasteiger partial charge in [0.2, 0.25) is 5.54 Å². The van der Waals surface area contributed by atoms with Crippen LogP contribution in [0.15, 0.2) is 24.3 Å². The summed E-state index contributed by atoms with van der Waals surface area (Å²) in [5.74, 6) is -2.57. The van der Waals surface area contributed by atoms with E-state index in [4.69, 9.17) is 11.5 Å². The van der Waals surface area contributed by atoms with Gasteiger partial charge in [0.1, 0.15) is 0 Å². The van der Waals surface area contributed by atoms with Gasteiger partial charge in [-0.15, -0.1) is 0 Å². The maximum atomic E-state index is 12.8. The third-order valence-electron chi connectivity index (χ3n) is 4.30. The molecule has 124 valence electrons. The van der Waals surface area contributed by atoms with E-state index in [1.165, 1.54) is 23.9 Å². The molecule has 7 heteroatoms. The van der Waals surface area contributed by atoms with Gasteiger partial charge in [-0.3, -0.25) is 14.4 Å². The first-order chi connectivity index (χ1) is 10.6. The number of hydrogen-bond acceptors (Lipinski definition) is 5. The fourth-order valence-corrected chi connectivity index (χ4v) is 2.65. The highest BCUT2D eigenvalue weighted by atomic mass is 16.2. The zero-order valence-electron chi connectivity index (χ0n) is 13.7. The van der Waals surface area contributed by atoms with Gasteiger partial charge in [-0.25, -0.2) is 0 Å². The lowest BCUT2D eigenvalue weighted by Gasteiger charge is -2.31.